The number of hydrogen-bond acceptors (Lipinski definition) is 2. The zero-order valence-electron chi connectivity index (χ0n) is 20.9. The molecule has 1 N–H and O–H groups in total. The molecule has 0 fully saturated rings. The highest BCUT2D eigenvalue weighted by Crippen LogP contribution is 2.37. The summed E-state index contributed by atoms with van der Waals surface area (Å²) in [6.45, 7) is 0. The van der Waals surface area contributed by atoms with Crippen LogP contribution in [0.1, 0.15) is 0 Å². The first kappa shape index (κ1) is 23.3. The van der Waals surface area contributed by atoms with Gasteiger partial charge in [0, 0.05) is 17.1 Å². The third-order valence-electron chi connectivity index (χ3n) is 6.79. The Morgan fingerprint density at radius 1 is 0.289 bits per heavy atom. The summed E-state index contributed by atoms with van der Waals surface area (Å²) in [6, 6.07) is 54.2. The number of hydrogen-bond donors (Lipinski definition) is 1. The maximum absolute atomic E-state index is 9.65. The second-order valence-corrected chi connectivity index (χ2v) is 9.25. The summed E-state index contributed by atoms with van der Waals surface area (Å²) >= 11 is 0. The molecular formula is C36H27NO. The monoisotopic (exact) mass is 489 g/mol. The van der Waals surface area contributed by atoms with Crippen molar-refractivity contribution in [3.63, 3.8) is 0 Å². The molecule has 0 saturated carbocycles. The molecule has 0 aliphatic rings. The van der Waals surface area contributed by atoms with Gasteiger partial charge in [-0.05, 0) is 81.9 Å². The summed E-state index contributed by atoms with van der Waals surface area (Å²) < 4.78 is 0. The lowest BCUT2D eigenvalue weighted by molar-refractivity contribution is 0.475. The van der Waals surface area contributed by atoms with E-state index in [-0.39, 0.29) is 5.75 Å². The second kappa shape index (κ2) is 10.5. The van der Waals surface area contributed by atoms with E-state index in [1.807, 2.05) is 24.3 Å². The van der Waals surface area contributed by atoms with E-state index >= 15 is 0 Å². The van der Waals surface area contributed by atoms with Crippen molar-refractivity contribution in [3.05, 3.63) is 158 Å². The fraction of sp³-hybridized carbons (Fsp3) is 0. The Labute approximate surface area is 223 Å². The van der Waals surface area contributed by atoms with Gasteiger partial charge in [0.15, 0.2) is 0 Å². The van der Waals surface area contributed by atoms with E-state index < -0.39 is 0 Å². The van der Waals surface area contributed by atoms with Gasteiger partial charge >= 0.3 is 0 Å². The number of rotatable bonds is 6. The van der Waals surface area contributed by atoms with Crippen molar-refractivity contribution in [2.75, 3.05) is 4.90 Å². The van der Waals surface area contributed by atoms with Gasteiger partial charge in [-0.2, -0.15) is 0 Å². The number of nitrogens with zero attached hydrogens (tertiary/aromatic N) is 1. The highest BCUT2D eigenvalue weighted by atomic mass is 16.3. The summed E-state index contributed by atoms with van der Waals surface area (Å²) in [7, 11) is 0. The van der Waals surface area contributed by atoms with Gasteiger partial charge in [-0.15, -0.1) is 0 Å². The molecular weight excluding hydrogens is 462 g/mol. The molecule has 0 aromatic heterocycles. The molecule has 2 nitrogen and oxygen atoms in total. The summed E-state index contributed by atoms with van der Waals surface area (Å²) in [6.07, 6.45) is 0. The number of anilines is 3. The first-order valence-electron chi connectivity index (χ1n) is 12.8. The topological polar surface area (TPSA) is 23.5 Å². The summed E-state index contributed by atoms with van der Waals surface area (Å²) in [5, 5.41) is 9.65. The third-order valence-corrected chi connectivity index (χ3v) is 6.79. The highest BCUT2D eigenvalue weighted by molar-refractivity contribution is 5.81. The van der Waals surface area contributed by atoms with Crippen LogP contribution in [-0.2, 0) is 0 Å². The number of benzene rings is 6. The van der Waals surface area contributed by atoms with Crippen LogP contribution in [0.25, 0.3) is 33.4 Å². The van der Waals surface area contributed by atoms with Crippen LogP contribution in [0, 0.1) is 0 Å². The van der Waals surface area contributed by atoms with Crippen molar-refractivity contribution in [2.24, 2.45) is 0 Å². The van der Waals surface area contributed by atoms with Gasteiger partial charge in [0.25, 0.3) is 0 Å². The number of phenolic OH excluding ortho intramolecular Hbond substituents is 1. The van der Waals surface area contributed by atoms with Crippen LogP contribution >= 0.6 is 0 Å². The van der Waals surface area contributed by atoms with Crippen LogP contribution in [0.4, 0.5) is 17.1 Å². The van der Waals surface area contributed by atoms with Crippen molar-refractivity contribution < 1.29 is 5.11 Å². The molecule has 0 unspecified atom stereocenters. The van der Waals surface area contributed by atoms with Gasteiger partial charge in [-0.25, -0.2) is 0 Å². The molecule has 0 bridgehead atoms. The molecule has 0 heterocycles. The van der Waals surface area contributed by atoms with Gasteiger partial charge in [0.2, 0.25) is 0 Å². The lowest BCUT2D eigenvalue weighted by Gasteiger charge is -2.26. The number of aromatic hydroxyl groups is 1. The largest absolute Gasteiger partial charge is 0.508 e. The van der Waals surface area contributed by atoms with Gasteiger partial charge < -0.3 is 10.0 Å². The lowest BCUT2D eigenvalue weighted by atomic mass is 10.0. The molecule has 0 aliphatic heterocycles. The summed E-state index contributed by atoms with van der Waals surface area (Å²) in [5.41, 5.74) is 10.2. The van der Waals surface area contributed by atoms with Crippen LogP contribution < -0.4 is 4.90 Å². The Hall–Kier alpha value is -5.08. The summed E-state index contributed by atoms with van der Waals surface area (Å²) in [5.74, 6) is 0.273. The average molecular weight is 490 g/mol. The van der Waals surface area contributed by atoms with Crippen molar-refractivity contribution in [3.8, 4) is 39.1 Å². The minimum Gasteiger partial charge on any atom is -0.508 e. The Morgan fingerprint density at radius 2 is 0.553 bits per heavy atom. The van der Waals surface area contributed by atoms with Gasteiger partial charge in [-0.1, -0.05) is 109 Å². The van der Waals surface area contributed by atoms with Crippen molar-refractivity contribution in [2.45, 2.75) is 0 Å². The fourth-order valence-corrected chi connectivity index (χ4v) is 4.77. The quantitative estimate of drug-likeness (QED) is 0.252. The molecule has 0 saturated heterocycles. The van der Waals surface area contributed by atoms with Gasteiger partial charge in [-0.3, -0.25) is 0 Å². The molecule has 2 heteroatoms. The molecule has 0 amide bonds. The maximum atomic E-state index is 9.65. The predicted octanol–water partition coefficient (Wildman–Crippen LogP) is 9.86. The normalized spacial score (nSPS) is 10.7. The van der Waals surface area contributed by atoms with Crippen LogP contribution in [0.2, 0.25) is 0 Å². The van der Waals surface area contributed by atoms with Crippen LogP contribution in [-0.4, -0.2) is 5.11 Å². The average Bonchev–Trinajstić information content (AvgIpc) is 3.00. The molecule has 6 aromatic rings. The smallest absolute Gasteiger partial charge is 0.115 e. The van der Waals surface area contributed by atoms with Crippen LogP contribution in [0.15, 0.2) is 158 Å². The molecule has 182 valence electrons. The van der Waals surface area contributed by atoms with Crippen LogP contribution in [0.5, 0.6) is 5.75 Å². The molecule has 38 heavy (non-hydrogen) atoms. The van der Waals surface area contributed by atoms with Gasteiger partial charge in [0.1, 0.15) is 5.75 Å². The van der Waals surface area contributed by atoms with E-state index in [0.717, 1.165) is 28.2 Å². The highest BCUT2D eigenvalue weighted by Gasteiger charge is 2.13. The van der Waals surface area contributed by atoms with E-state index in [4.69, 9.17) is 0 Å². The molecule has 0 radical (unpaired) electrons. The summed E-state index contributed by atoms with van der Waals surface area (Å²) in [4.78, 5) is 2.28. The fourth-order valence-electron chi connectivity index (χ4n) is 4.77. The molecule has 6 rings (SSSR count). The minimum atomic E-state index is 0.273. The lowest BCUT2D eigenvalue weighted by Crippen LogP contribution is -2.09. The van der Waals surface area contributed by atoms with E-state index in [1.165, 1.54) is 22.3 Å². The molecule has 0 aliphatic carbocycles. The Bertz CT molecular complexity index is 1520. The van der Waals surface area contributed by atoms with Crippen molar-refractivity contribution in [1.82, 2.24) is 0 Å². The van der Waals surface area contributed by atoms with E-state index in [9.17, 15) is 5.11 Å². The van der Waals surface area contributed by atoms with E-state index in [2.05, 4.69) is 126 Å². The first-order chi connectivity index (χ1) is 18.7. The SMILES string of the molecule is Oc1ccc(-c2ccc(N(c3ccc(-c4ccccc4)cc3)c3ccc(-c4ccccc4)cc3)cc2)cc1. The van der Waals surface area contributed by atoms with E-state index in [0.29, 0.717) is 0 Å². The second-order valence-electron chi connectivity index (χ2n) is 9.25. The number of phenols is 1. The Balaban J connectivity index is 1.38. The third kappa shape index (κ3) is 4.93. The minimum absolute atomic E-state index is 0.273. The Kier molecular flexibility index (Phi) is 6.44. The first-order valence-corrected chi connectivity index (χ1v) is 12.8. The zero-order valence-corrected chi connectivity index (χ0v) is 20.9. The zero-order chi connectivity index (χ0) is 25.7. The predicted molar refractivity (Wildman–Crippen MR) is 159 cm³/mol. The standard InChI is InChI=1S/C36H27NO/c38-36-25-17-32(18-26-36)31-15-23-35(24-16-31)37(33-19-11-29(12-20-33)27-7-3-1-4-8-27)34-21-13-30(14-22-34)28-9-5-2-6-10-28/h1-26,38H. The Morgan fingerprint density at radius 3 is 0.868 bits per heavy atom. The van der Waals surface area contributed by atoms with Gasteiger partial charge in [0.05, 0.1) is 0 Å². The molecule has 0 atom stereocenters. The van der Waals surface area contributed by atoms with Crippen LogP contribution in [0.3, 0.4) is 0 Å². The molecule has 0 spiro atoms. The maximum Gasteiger partial charge on any atom is 0.115 e. The van der Waals surface area contributed by atoms with Crippen molar-refractivity contribution >= 4 is 17.1 Å². The molecule has 6 aromatic carbocycles. The van der Waals surface area contributed by atoms with Crippen molar-refractivity contribution in [1.29, 1.82) is 0 Å². The van der Waals surface area contributed by atoms with E-state index in [1.54, 1.807) is 12.1 Å².